The summed E-state index contributed by atoms with van der Waals surface area (Å²) in [6, 6.07) is 5.42. The number of methoxy groups -OCH3 is 2. The molecule has 3 N–H and O–H groups in total. The maximum absolute atomic E-state index is 5.35. The van der Waals surface area contributed by atoms with E-state index in [-0.39, 0.29) is 0 Å². The molecule has 0 aliphatic heterocycles. The van der Waals surface area contributed by atoms with Gasteiger partial charge in [-0.15, -0.1) is 0 Å². The van der Waals surface area contributed by atoms with E-state index in [2.05, 4.69) is 10.4 Å². The lowest BCUT2D eigenvalue weighted by Crippen LogP contribution is -2.31. The van der Waals surface area contributed by atoms with Gasteiger partial charge in [-0.25, -0.2) is 5.84 Å². The number of hydrazine groups is 1. The summed E-state index contributed by atoms with van der Waals surface area (Å²) in [5, 5.41) is 0. The van der Waals surface area contributed by atoms with Gasteiger partial charge in [0.25, 0.3) is 0 Å². The van der Waals surface area contributed by atoms with Crippen molar-refractivity contribution in [3.8, 4) is 11.5 Å². The first-order valence-electron chi connectivity index (χ1n) is 4.42. The normalized spacial score (nSPS) is 11.1. The summed E-state index contributed by atoms with van der Waals surface area (Å²) in [6.07, 6.45) is 0. The smallest absolute Gasteiger partial charge is 0.146 e. The highest BCUT2D eigenvalue weighted by molar-refractivity contribution is 6.01. The molecule has 0 heterocycles. The lowest BCUT2D eigenvalue weighted by Gasteiger charge is -2.11. The Hall–Kier alpha value is -1.75. The van der Waals surface area contributed by atoms with Crippen molar-refractivity contribution in [1.29, 1.82) is 0 Å². The molecule has 0 saturated carbocycles. The number of rotatable bonds is 3. The number of nitrogens with zero attached hydrogens (tertiary/aromatic N) is 1. The average molecular weight is 209 g/mol. The van der Waals surface area contributed by atoms with Gasteiger partial charge in [-0.2, -0.15) is 0 Å². The SMILES string of the molecule is CN=C(NN)c1cc(OC)ccc1OC. The molecular weight excluding hydrogens is 194 g/mol. The molecule has 82 valence electrons. The molecule has 1 aromatic rings. The van der Waals surface area contributed by atoms with Crippen molar-refractivity contribution in [2.24, 2.45) is 10.8 Å². The molecule has 0 atom stereocenters. The number of aliphatic imine (C=N–C) groups is 1. The first kappa shape index (κ1) is 11.3. The molecule has 1 aromatic carbocycles. The molecule has 5 nitrogen and oxygen atoms in total. The van der Waals surface area contributed by atoms with E-state index in [4.69, 9.17) is 15.3 Å². The number of hydrogen-bond acceptors (Lipinski definition) is 4. The fourth-order valence-electron chi connectivity index (χ4n) is 1.26. The van der Waals surface area contributed by atoms with Crippen LogP contribution in [0.25, 0.3) is 0 Å². The molecule has 0 fully saturated rings. The van der Waals surface area contributed by atoms with Crippen molar-refractivity contribution in [1.82, 2.24) is 5.43 Å². The maximum atomic E-state index is 5.35. The van der Waals surface area contributed by atoms with Gasteiger partial charge in [-0.05, 0) is 18.2 Å². The highest BCUT2D eigenvalue weighted by Crippen LogP contribution is 2.23. The van der Waals surface area contributed by atoms with Crippen LogP contribution in [-0.2, 0) is 0 Å². The highest BCUT2D eigenvalue weighted by Gasteiger charge is 2.09. The zero-order valence-electron chi connectivity index (χ0n) is 9.07. The second kappa shape index (κ2) is 5.21. The number of hydrogen-bond donors (Lipinski definition) is 2. The Morgan fingerprint density at radius 3 is 2.53 bits per heavy atom. The number of amidine groups is 1. The second-order valence-corrected chi connectivity index (χ2v) is 2.78. The summed E-state index contributed by atoms with van der Waals surface area (Å²) in [4.78, 5) is 4.01. The predicted octanol–water partition coefficient (Wildman–Crippen LogP) is 0.543. The third kappa shape index (κ3) is 2.38. The number of ether oxygens (including phenoxy) is 2. The van der Waals surface area contributed by atoms with Gasteiger partial charge < -0.3 is 14.9 Å². The van der Waals surface area contributed by atoms with Gasteiger partial charge in [-0.3, -0.25) is 4.99 Å². The van der Waals surface area contributed by atoms with Crippen molar-refractivity contribution < 1.29 is 9.47 Å². The van der Waals surface area contributed by atoms with E-state index in [1.165, 1.54) is 0 Å². The number of benzene rings is 1. The summed E-state index contributed by atoms with van der Waals surface area (Å²) in [5.74, 6) is 7.31. The van der Waals surface area contributed by atoms with Crippen LogP contribution in [0.4, 0.5) is 0 Å². The van der Waals surface area contributed by atoms with Crippen molar-refractivity contribution in [2.75, 3.05) is 21.3 Å². The topological polar surface area (TPSA) is 68.9 Å². The second-order valence-electron chi connectivity index (χ2n) is 2.78. The monoisotopic (exact) mass is 209 g/mol. The highest BCUT2D eigenvalue weighted by atomic mass is 16.5. The van der Waals surface area contributed by atoms with Crippen LogP contribution in [-0.4, -0.2) is 27.1 Å². The predicted molar refractivity (Wildman–Crippen MR) is 59.3 cm³/mol. The first-order valence-corrected chi connectivity index (χ1v) is 4.42. The Labute approximate surface area is 88.9 Å². The third-order valence-electron chi connectivity index (χ3n) is 2.02. The first-order chi connectivity index (χ1) is 7.26. The molecule has 0 aliphatic carbocycles. The summed E-state index contributed by atoms with van der Waals surface area (Å²) in [5.41, 5.74) is 3.27. The van der Waals surface area contributed by atoms with Crippen LogP contribution in [0.15, 0.2) is 23.2 Å². The van der Waals surface area contributed by atoms with Crippen LogP contribution >= 0.6 is 0 Å². The Kier molecular flexibility index (Phi) is 3.93. The van der Waals surface area contributed by atoms with Crippen molar-refractivity contribution >= 4 is 5.84 Å². The zero-order valence-corrected chi connectivity index (χ0v) is 9.07. The van der Waals surface area contributed by atoms with Crippen molar-refractivity contribution in [3.05, 3.63) is 23.8 Å². The van der Waals surface area contributed by atoms with E-state index in [1.807, 2.05) is 6.07 Å². The van der Waals surface area contributed by atoms with E-state index in [0.29, 0.717) is 11.6 Å². The molecule has 0 amide bonds. The van der Waals surface area contributed by atoms with E-state index >= 15 is 0 Å². The Bertz CT molecular complexity index is 364. The molecule has 0 spiro atoms. The zero-order chi connectivity index (χ0) is 11.3. The van der Waals surface area contributed by atoms with E-state index in [1.54, 1.807) is 33.4 Å². The van der Waals surface area contributed by atoms with Crippen LogP contribution in [0.1, 0.15) is 5.56 Å². The van der Waals surface area contributed by atoms with Gasteiger partial charge in [0.15, 0.2) is 0 Å². The maximum Gasteiger partial charge on any atom is 0.146 e. The largest absolute Gasteiger partial charge is 0.497 e. The van der Waals surface area contributed by atoms with Crippen LogP contribution in [0, 0.1) is 0 Å². The average Bonchev–Trinajstić information content (AvgIpc) is 2.30. The summed E-state index contributed by atoms with van der Waals surface area (Å²) in [6.45, 7) is 0. The molecule has 0 aliphatic rings. The minimum Gasteiger partial charge on any atom is -0.497 e. The third-order valence-corrected chi connectivity index (χ3v) is 2.02. The molecule has 0 saturated heterocycles. The van der Waals surface area contributed by atoms with E-state index in [9.17, 15) is 0 Å². The van der Waals surface area contributed by atoms with Crippen molar-refractivity contribution in [2.45, 2.75) is 0 Å². The lowest BCUT2D eigenvalue weighted by molar-refractivity contribution is 0.402. The fraction of sp³-hybridized carbons (Fsp3) is 0.300. The molecule has 5 heteroatoms. The molecule has 0 aromatic heterocycles. The molecule has 1 rings (SSSR count). The summed E-state index contributed by atoms with van der Waals surface area (Å²) in [7, 11) is 4.84. The molecule has 0 unspecified atom stereocenters. The molecule has 15 heavy (non-hydrogen) atoms. The van der Waals surface area contributed by atoms with Gasteiger partial charge in [0.1, 0.15) is 17.3 Å². The van der Waals surface area contributed by atoms with Crippen LogP contribution < -0.4 is 20.7 Å². The molecule has 0 bridgehead atoms. The van der Waals surface area contributed by atoms with Crippen LogP contribution in [0.5, 0.6) is 11.5 Å². The van der Waals surface area contributed by atoms with Gasteiger partial charge in [0, 0.05) is 7.05 Å². The summed E-state index contributed by atoms with van der Waals surface area (Å²) >= 11 is 0. The fourth-order valence-corrected chi connectivity index (χ4v) is 1.26. The quantitative estimate of drug-likeness (QED) is 0.330. The van der Waals surface area contributed by atoms with Gasteiger partial charge >= 0.3 is 0 Å². The van der Waals surface area contributed by atoms with Crippen LogP contribution in [0.3, 0.4) is 0 Å². The number of nitrogens with one attached hydrogen (secondary N) is 1. The Balaban J connectivity index is 3.22. The van der Waals surface area contributed by atoms with Gasteiger partial charge in [0.05, 0.1) is 19.8 Å². The lowest BCUT2D eigenvalue weighted by atomic mass is 10.1. The minimum atomic E-state index is 0.547. The van der Waals surface area contributed by atoms with E-state index < -0.39 is 0 Å². The van der Waals surface area contributed by atoms with Crippen LogP contribution in [0.2, 0.25) is 0 Å². The molecule has 0 radical (unpaired) electrons. The standard InChI is InChI=1S/C10H15N3O2/c1-12-10(13-11)8-6-7(14-2)4-5-9(8)15-3/h4-6H,11H2,1-3H3,(H,12,13). The van der Waals surface area contributed by atoms with Crippen molar-refractivity contribution in [3.63, 3.8) is 0 Å². The molecular formula is C10H15N3O2. The number of nitrogens with two attached hydrogens (primary N) is 1. The van der Waals surface area contributed by atoms with E-state index in [0.717, 1.165) is 11.3 Å². The Morgan fingerprint density at radius 1 is 1.33 bits per heavy atom. The summed E-state index contributed by atoms with van der Waals surface area (Å²) < 4.78 is 10.3. The van der Waals surface area contributed by atoms with Gasteiger partial charge in [-0.1, -0.05) is 0 Å². The Morgan fingerprint density at radius 2 is 2.07 bits per heavy atom. The van der Waals surface area contributed by atoms with Gasteiger partial charge in [0.2, 0.25) is 0 Å². The minimum absolute atomic E-state index is 0.547.